The lowest BCUT2D eigenvalue weighted by atomic mass is 10.4. The van der Waals surface area contributed by atoms with Gasteiger partial charge in [0.1, 0.15) is 5.76 Å². The van der Waals surface area contributed by atoms with Crippen LogP contribution < -0.4 is 5.32 Å². The molecule has 0 aliphatic rings. The maximum Gasteiger partial charge on any atom is 0.322 e. The van der Waals surface area contributed by atoms with Gasteiger partial charge in [0, 0.05) is 26.6 Å². The van der Waals surface area contributed by atoms with Crippen LogP contribution in [0.1, 0.15) is 12.7 Å². The molecule has 0 aromatic carbocycles. The first-order valence-corrected chi connectivity index (χ1v) is 4.07. The van der Waals surface area contributed by atoms with Gasteiger partial charge in [-0.05, 0) is 0 Å². The van der Waals surface area contributed by atoms with Gasteiger partial charge in [-0.2, -0.15) is 0 Å². The van der Waals surface area contributed by atoms with Crippen LogP contribution in [0.2, 0.25) is 0 Å². The van der Waals surface area contributed by atoms with Crippen molar-refractivity contribution in [3.05, 3.63) is 11.8 Å². The van der Waals surface area contributed by atoms with Crippen LogP contribution in [0.3, 0.4) is 0 Å². The van der Waals surface area contributed by atoms with E-state index in [1.807, 2.05) is 6.92 Å². The second-order valence-corrected chi connectivity index (χ2v) is 2.86. The molecule has 5 heteroatoms. The number of aromatic nitrogens is 1. The van der Waals surface area contributed by atoms with Gasteiger partial charge in [0.25, 0.3) is 0 Å². The highest BCUT2D eigenvalue weighted by atomic mass is 16.5. The predicted molar refractivity (Wildman–Crippen MR) is 48.6 cm³/mol. The van der Waals surface area contributed by atoms with Crippen molar-refractivity contribution in [1.82, 2.24) is 10.1 Å². The number of carbonyl (C=O) groups is 1. The first kappa shape index (κ1) is 9.57. The molecule has 0 atom stereocenters. The van der Waals surface area contributed by atoms with E-state index in [4.69, 9.17) is 4.52 Å². The molecule has 0 spiro atoms. The largest absolute Gasteiger partial charge is 0.359 e. The van der Waals surface area contributed by atoms with E-state index in [0.717, 1.165) is 12.2 Å². The van der Waals surface area contributed by atoms with Gasteiger partial charge >= 0.3 is 6.03 Å². The van der Waals surface area contributed by atoms with E-state index in [1.165, 1.54) is 4.90 Å². The topological polar surface area (TPSA) is 58.4 Å². The summed E-state index contributed by atoms with van der Waals surface area (Å²) < 4.78 is 4.91. The van der Waals surface area contributed by atoms with Crippen LogP contribution in [0.25, 0.3) is 0 Å². The van der Waals surface area contributed by atoms with Crippen molar-refractivity contribution in [2.75, 3.05) is 19.4 Å². The third kappa shape index (κ3) is 2.47. The minimum atomic E-state index is -0.212. The van der Waals surface area contributed by atoms with E-state index in [0.29, 0.717) is 5.82 Å². The summed E-state index contributed by atoms with van der Waals surface area (Å²) in [4.78, 5) is 12.6. The molecule has 0 aliphatic carbocycles. The molecule has 1 aromatic heterocycles. The maximum atomic E-state index is 11.1. The Kier molecular flexibility index (Phi) is 2.89. The van der Waals surface area contributed by atoms with E-state index in [-0.39, 0.29) is 6.03 Å². The zero-order chi connectivity index (χ0) is 9.84. The van der Waals surface area contributed by atoms with Crippen LogP contribution in [-0.4, -0.2) is 30.2 Å². The first-order valence-electron chi connectivity index (χ1n) is 4.07. The van der Waals surface area contributed by atoms with Gasteiger partial charge < -0.3 is 9.42 Å². The standard InChI is InChI=1S/C8H13N3O2/c1-4-6-5-7(10-13-6)9-8(12)11(2)3/h5H,4H2,1-3H3,(H,9,10,12). The molecule has 1 heterocycles. The normalized spacial score (nSPS) is 9.77. The van der Waals surface area contributed by atoms with Crippen molar-refractivity contribution < 1.29 is 9.32 Å². The van der Waals surface area contributed by atoms with Gasteiger partial charge in [-0.3, -0.25) is 5.32 Å². The van der Waals surface area contributed by atoms with Crippen LogP contribution in [-0.2, 0) is 6.42 Å². The highest BCUT2D eigenvalue weighted by Gasteiger charge is 2.07. The molecule has 0 bridgehead atoms. The second-order valence-electron chi connectivity index (χ2n) is 2.86. The van der Waals surface area contributed by atoms with Gasteiger partial charge in [0.05, 0.1) is 0 Å². The fraction of sp³-hybridized carbons (Fsp3) is 0.500. The van der Waals surface area contributed by atoms with Crippen LogP contribution in [0.5, 0.6) is 0 Å². The summed E-state index contributed by atoms with van der Waals surface area (Å²) >= 11 is 0. The zero-order valence-corrected chi connectivity index (χ0v) is 8.00. The molecule has 0 aliphatic heterocycles. The Bertz CT molecular complexity index is 293. The lowest BCUT2D eigenvalue weighted by Gasteiger charge is -2.08. The number of anilines is 1. The molecular formula is C8H13N3O2. The van der Waals surface area contributed by atoms with E-state index < -0.39 is 0 Å². The number of nitrogens with one attached hydrogen (secondary N) is 1. The van der Waals surface area contributed by atoms with E-state index >= 15 is 0 Å². The maximum absolute atomic E-state index is 11.1. The number of urea groups is 1. The summed E-state index contributed by atoms with van der Waals surface area (Å²) in [5.41, 5.74) is 0. The number of amides is 2. The molecule has 2 amide bonds. The summed E-state index contributed by atoms with van der Waals surface area (Å²) in [6.07, 6.45) is 0.769. The van der Waals surface area contributed by atoms with Gasteiger partial charge in [0.15, 0.2) is 5.82 Å². The molecule has 0 radical (unpaired) electrons. The van der Waals surface area contributed by atoms with Crippen molar-refractivity contribution in [2.24, 2.45) is 0 Å². The third-order valence-corrected chi connectivity index (χ3v) is 1.55. The third-order valence-electron chi connectivity index (χ3n) is 1.55. The molecule has 0 fully saturated rings. The zero-order valence-electron chi connectivity index (χ0n) is 8.00. The van der Waals surface area contributed by atoms with Crippen molar-refractivity contribution in [3.63, 3.8) is 0 Å². The Morgan fingerprint density at radius 2 is 2.38 bits per heavy atom. The van der Waals surface area contributed by atoms with E-state index in [2.05, 4.69) is 10.5 Å². The summed E-state index contributed by atoms with van der Waals surface area (Å²) in [5, 5.41) is 6.25. The number of rotatable bonds is 2. The fourth-order valence-corrected chi connectivity index (χ4v) is 0.760. The highest BCUT2D eigenvalue weighted by molar-refractivity contribution is 5.87. The minimum Gasteiger partial charge on any atom is -0.359 e. The Balaban J connectivity index is 2.59. The average molecular weight is 183 g/mol. The summed E-state index contributed by atoms with van der Waals surface area (Å²) in [5.74, 6) is 1.21. The van der Waals surface area contributed by atoms with Crippen molar-refractivity contribution >= 4 is 11.8 Å². The van der Waals surface area contributed by atoms with Crippen molar-refractivity contribution in [2.45, 2.75) is 13.3 Å². The Hall–Kier alpha value is -1.52. The van der Waals surface area contributed by atoms with Crippen molar-refractivity contribution in [3.8, 4) is 0 Å². The van der Waals surface area contributed by atoms with Gasteiger partial charge in [0.2, 0.25) is 0 Å². The lowest BCUT2D eigenvalue weighted by Crippen LogP contribution is -2.27. The molecule has 1 rings (SSSR count). The molecule has 13 heavy (non-hydrogen) atoms. The summed E-state index contributed by atoms with van der Waals surface area (Å²) in [6, 6.07) is 1.50. The summed E-state index contributed by atoms with van der Waals surface area (Å²) in [7, 11) is 3.33. The first-order chi connectivity index (χ1) is 6.13. The molecule has 0 unspecified atom stereocenters. The van der Waals surface area contributed by atoms with Crippen LogP contribution in [0, 0.1) is 0 Å². The average Bonchev–Trinajstić information content (AvgIpc) is 2.52. The molecule has 0 saturated heterocycles. The number of nitrogens with zero attached hydrogens (tertiary/aromatic N) is 2. The van der Waals surface area contributed by atoms with Crippen molar-refractivity contribution in [1.29, 1.82) is 0 Å². The predicted octanol–water partition coefficient (Wildman–Crippen LogP) is 1.33. The molecular weight excluding hydrogens is 170 g/mol. The Labute approximate surface area is 76.7 Å². The summed E-state index contributed by atoms with van der Waals surface area (Å²) in [6.45, 7) is 1.96. The van der Waals surface area contributed by atoms with E-state index in [1.54, 1.807) is 20.2 Å². The molecule has 72 valence electrons. The molecule has 1 aromatic rings. The number of aryl methyl sites for hydroxylation is 1. The Morgan fingerprint density at radius 3 is 2.85 bits per heavy atom. The molecule has 0 saturated carbocycles. The van der Waals surface area contributed by atoms with Gasteiger partial charge in [-0.25, -0.2) is 4.79 Å². The second kappa shape index (κ2) is 3.93. The van der Waals surface area contributed by atoms with Crippen LogP contribution in [0.4, 0.5) is 10.6 Å². The molecule has 5 nitrogen and oxygen atoms in total. The van der Waals surface area contributed by atoms with Crippen LogP contribution in [0.15, 0.2) is 10.6 Å². The number of carbonyl (C=O) groups excluding carboxylic acids is 1. The molecule has 1 N–H and O–H groups in total. The number of hydrogen-bond donors (Lipinski definition) is 1. The minimum absolute atomic E-state index is 0.212. The lowest BCUT2D eigenvalue weighted by molar-refractivity contribution is 0.230. The Morgan fingerprint density at radius 1 is 1.69 bits per heavy atom. The number of hydrogen-bond acceptors (Lipinski definition) is 3. The smallest absolute Gasteiger partial charge is 0.322 e. The quantitative estimate of drug-likeness (QED) is 0.752. The van der Waals surface area contributed by atoms with Gasteiger partial charge in [-0.15, -0.1) is 0 Å². The van der Waals surface area contributed by atoms with E-state index in [9.17, 15) is 4.79 Å². The highest BCUT2D eigenvalue weighted by Crippen LogP contribution is 2.08. The van der Waals surface area contributed by atoms with Gasteiger partial charge in [-0.1, -0.05) is 12.1 Å². The SMILES string of the molecule is CCc1cc(NC(=O)N(C)C)no1. The fourth-order valence-electron chi connectivity index (χ4n) is 0.760. The van der Waals surface area contributed by atoms with Crippen LogP contribution >= 0.6 is 0 Å². The monoisotopic (exact) mass is 183 g/mol.